The standard InChI is InChI=1S/C16H17NO5/c1-3-8-21-13-7-5-4-6-11(13)12-9-10(2)14(15(18)17-12)22-16(19)20/h4-7,9H,3,8H2,1-2H3,(H,17,18)(H,19,20). The van der Waals surface area contributed by atoms with Gasteiger partial charge in [-0.15, -0.1) is 0 Å². The number of carbonyl (C=O) groups is 1. The fourth-order valence-electron chi connectivity index (χ4n) is 2.06. The van der Waals surface area contributed by atoms with Crippen LogP contribution in [0.3, 0.4) is 0 Å². The lowest BCUT2D eigenvalue weighted by molar-refractivity contribution is 0.143. The lowest BCUT2D eigenvalue weighted by Gasteiger charge is -2.12. The number of H-pyrrole nitrogens is 1. The third-order valence-electron chi connectivity index (χ3n) is 3.00. The lowest BCUT2D eigenvalue weighted by Crippen LogP contribution is -2.17. The average Bonchev–Trinajstić information content (AvgIpc) is 2.48. The van der Waals surface area contributed by atoms with Gasteiger partial charge >= 0.3 is 6.16 Å². The van der Waals surface area contributed by atoms with E-state index in [9.17, 15) is 9.59 Å². The molecule has 0 fully saturated rings. The Hall–Kier alpha value is -2.76. The number of pyridine rings is 1. The topological polar surface area (TPSA) is 88.6 Å². The fraction of sp³-hybridized carbons (Fsp3) is 0.250. The zero-order valence-electron chi connectivity index (χ0n) is 12.4. The number of benzene rings is 1. The highest BCUT2D eigenvalue weighted by atomic mass is 16.7. The Labute approximate surface area is 127 Å². The van der Waals surface area contributed by atoms with Gasteiger partial charge in [0.15, 0.2) is 0 Å². The molecule has 0 spiro atoms. The maximum atomic E-state index is 12.0. The number of ether oxygens (including phenoxy) is 2. The average molecular weight is 303 g/mol. The Morgan fingerprint density at radius 2 is 2.05 bits per heavy atom. The van der Waals surface area contributed by atoms with Crippen molar-refractivity contribution in [3.8, 4) is 22.8 Å². The normalized spacial score (nSPS) is 10.3. The SMILES string of the molecule is CCCOc1ccccc1-c1cc(C)c(OC(=O)O)c(=O)[nH]1. The van der Waals surface area contributed by atoms with Crippen LogP contribution in [0, 0.1) is 6.92 Å². The first-order valence-corrected chi connectivity index (χ1v) is 6.89. The first-order chi connectivity index (χ1) is 10.5. The molecular weight excluding hydrogens is 286 g/mol. The molecule has 6 nitrogen and oxygen atoms in total. The van der Waals surface area contributed by atoms with E-state index in [-0.39, 0.29) is 5.75 Å². The smallest absolute Gasteiger partial charge is 0.493 e. The molecule has 1 aromatic carbocycles. The van der Waals surface area contributed by atoms with Gasteiger partial charge in [0.25, 0.3) is 5.56 Å². The Bertz CT molecular complexity index is 736. The van der Waals surface area contributed by atoms with Gasteiger partial charge in [-0.1, -0.05) is 19.1 Å². The summed E-state index contributed by atoms with van der Waals surface area (Å²) < 4.78 is 10.2. The predicted octanol–water partition coefficient (Wildman–Crippen LogP) is 3.20. The lowest BCUT2D eigenvalue weighted by atomic mass is 10.1. The molecule has 1 heterocycles. The van der Waals surface area contributed by atoms with Gasteiger partial charge in [0.2, 0.25) is 5.75 Å². The minimum absolute atomic E-state index is 0.219. The predicted molar refractivity (Wildman–Crippen MR) is 81.7 cm³/mol. The first kappa shape index (κ1) is 15.6. The molecule has 6 heteroatoms. The molecule has 0 aliphatic rings. The molecule has 0 unspecified atom stereocenters. The van der Waals surface area contributed by atoms with Gasteiger partial charge in [0, 0.05) is 5.56 Å². The van der Waals surface area contributed by atoms with Crippen LogP contribution in [0.2, 0.25) is 0 Å². The van der Waals surface area contributed by atoms with Gasteiger partial charge in [-0.05, 0) is 37.1 Å². The van der Waals surface area contributed by atoms with Crippen molar-refractivity contribution >= 4 is 6.16 Å². The van der Waals surface area contributed by atoms with Gasteiger partial charge in [0.05, 0.1) is 12.3 Å². The number of para-hydroxylation sites is 1. The van der Waals surface area contributed by atoms with Crippen molar-refractivity contribution in [2.75, 3.05) is 6.61 Å². The van der Waals surface area contributed by atoms with Crippen molar-refractivity contribution in [3.63, 3.8) is 0 Å². The molecule has 0 radical (unpaired) electrons. The summed E-state index contributed by atoms with van der Waals surface area (Å²) in [5.74, 6) is 0.439. The Morgan fingerprint density at radius 1 is 1.32 bits per heavy atom. The van der Waals surface area contributed by atoms with Crippen molar-refractivity contribution in [2.24, 2.45) is 0 Å². The van der Waals surface area contributed by atoms with E-state index in [0.717, 1.165) is 12.0 Å². The van der Waals surface area contributed by atoms with E-state index in [1.807, 2.05) is 31.2 Å². The van der Waals surface area contributed by atoms with Crippen molar-refractivity contribution in [3.05, 3.63) is 46.2 Å². The molecule has 0 amide bonds. The van der Waals surface area contributed by atoms with E-state index in [1.54, 1.807) is 13.0 Å². The Kier molecular flexibility index (Phi) is 4.83. The van der Waals surface area contributed by atoms with Crippen LogP contribution in [-0.2, 0) is 0 Å². The van der Waals surface area contributed by atoms with Crippen LogP contribution in [0.4, 0.5) is 4.79 Å². The molecule has 0 saturated heterocycles. The summed E-state index contributed by atoms with van der Waals surface area (Å²) >= 11 is 0. The zero-order valence-corrected chi connectivity index (χ0v) is 12.4. The third kappa shape index (κ3) is 3.46. The summed E-state index contributed by atoms with van der Waals surface area (Å²) in [5.41, 5.74) is 1.12. The molecule has 0 atom stereocenters. The number of carboxylic acid groups (broad SMARTS) is 1. The maximum Gasteiger partial charge on any atom is 0.511 e. The van der Waals surface area contributed by atoms with Gasteiger partial charge in [-0.3, -0.25) is 4.79 Å². The van der Waals surface area contributed by atoms with Crippen LogP contribution in [0.5, 0.6) is 11.5 Å². The quantitative estimate of drug-likeness (QED) is 0.828. The molecule has 2 N–H and O–H groups in total. The summed E-state index contributed by atoms with van der Waals surface area (Å²) in [6.07, 6.45) is -0.650. The zero-order chi connectivity index (χ0) is 16.1. The maximum absolute atomic E-state index is 12.0. The number of nitrogens with one attached hydrogen (secondary N) is 1. The van der Waals surface area contributed by atoms with Crippen LogP contribution >= 0.6 is 0 Å². The second-order valence-electron chi connectivity index (χ2n) is 4.74. The fourth-order valence-corrected chi connectivity index (χ4v) is 2.06. The molecule has 2 rings (SSSR count). The number of aromatic nitrogens is 1. The number of rotatable bonds is 5. The van der Waals surface area contributed by atoms with Gasteiger partial charge in [-0.2, -0.15) is 0 Å². The molecule has 22 heavy (non-hydrogen) atoms. The second-order valence-corrected chi connectivity index (χ2v) is 4.74. The van der Waals surface area contributed by atoms with Crippen LogP contribution in [0.1, 0.15) is 18.9 Å². The number of aryl methyl sites for hydroxylation is 1. The number of hydrogen-bond acceptors (Lipinski definition) is 4. The van der Waals surface area contributed by atoms with E-state index in [4.69, 9.17) is 9.84 Å². The summed E-state index contributed by atoms with van der Waals surface area (Å²) in [6, 6.07) is 8.99. The minimum Gasteiger partial charge on any atom is -0.493 e. The summed E-state index contributed by atoms with van der Waals surface area (Å²) in [4.78, 5) is 25.2. The highest BCUT2D eigenvalue weighted by molar-refractivity contribution is 5.69. The van der Waals surface area contributed by atoms with E-state index in [2.05, 4.69) is 9.72 Å². The third-order valence-corrected chi connectivity index (χ3v) is 3.00. The summed E-state index contributed by atoms with van der Waals surface area (Å²) in [7, 11) is 0. The molecule has 1 aromatic heterocycles. The van der Waals surface area contributed by atoms with Crippen LogP contribution in [-0.4, -0.2) is 22.9 Å². The molecule has 0 saturated carbocycles. The number of hydrogen-bond donors (Lipinski definition) is 2. The summed E-state index contributed by atoms with van der Waals surface area (Å²) in [5, 5.41) is 8.65. The van der Waals surface area contributed by atoms with Crippen molar-refractivity contribution < 1.29 is 19.4 Å². The van der Waals surface area contributed by atoms with Crippen molar-refractivity contribution in [1.29, 1.82) is 0 Å². The second kappa shape index (κ2) is 6.80. The first-order valence-electron chi connectivity index (χ1n) is 6.89. The molecule has 2 aromatic rings. The van der Waals surface area contributed by atoms with E-state index in [1.165, 1.54) is 0 Å². The highest BCUT2D eigenvalue weighted by Gasteiger charge is 2.14. The Morgan fingerprint density at radius 3 is 2.68 bits per heavy atom. The summed E-state index contributed by atoms with van der Waals surface area (Å²) in [6.45, 7) is 4.19. The van der Waals surface area contributed by atoms with Crippen molar-refractivity contribution in [1.82, 2.24) is 4.98 Å². The van der Waals surface area contributed by atoms with Gasteiger partial charge in [0.1, 0.15) is 5.75 Å². The minimum atomic E-state index is -1.52. The van der Waals surface area contributed by atoms with Crippen LogP contribution < -0.4 is 15.0 Å². The number of aromatic amines is 1. The van der Waals surface area contributed by atoms with E-state index in [0.29, 0.717) is 23.6 Å². The van der Waals surface area contributed by atoms with E-state index < -0.39 is 11.7 Å². The van der Waals surface area contributed by atoms with Gasteiger partial charge in [-0.25, -0.2) is 4.79 Å². The Balaban J connectivity index is 2.46. The highest BCUT2D eigenvalue weighted by Crippen LogP contribution is 2.29. The van der Waals surface area contributed by atoms with Gasteiger partial charge < -0.3 is 19.6 Å². The molecule has 0 aliphatic heterocycles. The van der Waals surface area contributed by atoms with Crippen LogP contribution in [0.25, 0.3) is 11.3 Å². The monoisotopic (exact) mass is 303 g/mol. The largest absolute Gasteiger partial charge is 0.511 e. The molecule has 116 valence electrons. The van der Waals surface area contributed by atoms with Crippen LogP contribution in [0.15, 0.2) is 35.1 Å². The van der Waals surface area contributed by atoms with E-state index >= 15 is 0 Å². The molecular formula is C16H17NO5. The van der Waals surface area contributed by atoms with Crippen molar-refractivity contribution in [2.45, 2.75) is 20.3 Å². The molecule has 0 bridgehead atoms. The molecule has 0 aliphatic carbocycles.